The van der Waals surface area contributed by atoms with Gasteiger partial charge in [0.1, 0.15) is 0 Å². The van der Waals surface area contributed by atoms with Crippen molar-refractivity contribution in [1.82, 2.24) is 10.6 Å². The molecule has 0 radical (unpaired) electrons. The van der Waals surface area contributed by atoms with Crippen LogP contribution in [0.3, 0.4) is 0 Å². The molecule has 6 nitrogen and oxygen atoms in total. The molecule has 0 aliphatic heterocycles. The van der Waals surface area contributed by atoms with Crippen molar-refractivity contribution in [3.63, 3.8) is 0 Å². The Balaban J connectivity index is 0.00000364. The zero-order chi connectivity index (χ0) is 18.6. The summed E-state index contributed by atoms with van der Waals surface area (Å²) in [5, 5.41) is 16.4. The summed E-state index contributed by atoms with van der Waals surface area (Å²) < 4.78 is 11.0. The summed E-state index contributed by atoms with van der Waals surface area (Å²) in [5.74, 6) is 1.39. The number of aliphatic imine (C=N–C) groups is 1. The number of guanidine groups is 1. The second-order valence-corrected chi connectivity index (χ2v) is 6.61. The van der Waals surface area contributed by atoms with E-state index in [-0.39, 0.29) is 29.7 Å². The first-order valence-corrected chi connectivity index (χ1v) is 9.72. The molecule has 0 saturated heterocycles. The van der Waals surface area contributed by atoms with Crippen molar-refractivity contribution >= 4 is 29.9 Å². The maximum absolute atomic E-state index is 9.85. The number of phenolic OH excluding ortho intramolecular Hbond substituents is 1. The number of phenols is 1. The van der Waals surface area contributed by atoms with Gasteiger partial charge in [-0.15, -0.1) is 24.0 Å². The third kappa shape index (κ3) is 9.01. The molecule has 2 rings (SSSR count). The molecule has 154 valence electrons. The van der Waals surface area contributed by atoms with Gasteiger partial charge < -0.3 is 25.2 Å². The van der Waals surface area contributed by atoms with Crippen LogP contribution < -0.4 is 15.4 Å². The summed E-state index contributed by atoms with van der Waals surface area (Å²) in [5.41, 5.74) is 0.932. The molecule has 0 aromatic heterocycles. The van der Waals surface area contributed by atoms with Crippen molar-refractivity contribution in [3.8, 4) is 11.5 Å². The van der Waals surface area contributed by atoms with Crippen LogP contribution in [0.1, 0.15) is 51.0 Å². The van der Waals surface area contributed by atoms with Crippen LogP contribution in [-0.2, 0) is 11.3 Å². The first kappa shape index (κ1) is 23.8. The van der Waals surface area contributed by atoms with Gasteiger partial charge in [-0.25, -0.2) is 4.99 Å². The standard InChI is InChI=1S/C20H33N3O3.HI/c1-3-21-20(22-12-7-13-26-17-8-5-4-6-9-17)23-15-16-10-11-19(25-2)18(24)14-16;/h10-11,14,17,24H,3-9,12-13,15H2,1-2H3,(H2,21,22,23);1H. The van der Waals surface area contributed by atoms with Crippen LogP contribution >= 0.6 is 24.0 Å². The summed E-state index contributed by atoms with van der Waals surface area (Å²) in [6.45, 7) is 4.96. The lowest BCUT2D eigenvalue weighted by Gasteiger charge is -2.22. The molecule has 1 aromatic carbocycles. The Morgan fingerprint density at radius 2 is 2.00 bits per heavy atom. The van der Waals surface area contributed by atoms with Crippen molar-refractivity contribution in [2.45, 2.75) is 58.1 Å². The molecule has 3 N–H and O–H groups in total. The quantitative estimate of drug-likeness (QED) is 0.212. The fraction of sp³-hybridized carbons (Fsp3) is 0.650. The van der Waals surface area contributed by atoms with E-state index in [9.17, 15) is 5.11 Å². The molecule has 0 unspecified atom stereocenters. The highest BCUT2D eigenvalue weighted by atomic mass is 127. The lowest BCUT2D eigenvalue weighted by Crippen LogP contribution is -2.38. The Labute approximate surface area is 180 Å². The Hall–Kier alpha value is -1.22. The summed E-state index contributed by atoms with van der Waals surface area (Å²) in [6, 6.07) is 5.34. The number of hydrogen-bond donors (Lipinski definition) is 3. The minimum atomic E-state index is 0. The molecule has 0 bridgehead atoms. The number of ether oxygens (including phenoxy) is 2. The average molecular weight is 491 g/mol. The van der Waals surface area contributed by atoms with E-state index >= 15 is 0 Å². The molecule has 0 amide bonds. The van der Waals surface area contributed by atoms with E-state index in [2.05, 4.69) is 15.6 Å². The van der Waals surface area contributed by atoms with E-state index < -0.39 is 0 Å². The molecule has 1 fully saturated rings. The molecule has 1 aliphatic carbocycles. The number of nitrogens with zero attached hydrogens (tertiary/aromatic N) is 1. The molecule has 0 heterocycles. The second-order valence-electron chi connectivity index (χ2n) is 6.61. The van der Waals surface area contributed by atoms with Gasteiger partial charge in [-0.1, -0.05) is 25.3 Å². The van der Waals surface area contributed by atoms with E-state index in [1.807, 2.05) is 13.0 Å². The van der Waals surface area contributed by atoms with Crippen molar-refractivity contribution in [2.24, 2.45) is 4.99 Å². The minimum absolute atomic E-state index is 0. The Morgan fingerprint density at radius 1 is 1.22 bits per heavy atom. The van der Waals surface area contributed by atoms with Gasteiger partial charge in [-0.3, -0.25) is 0 Å². The molecular weight excluding hydrogens is 457 g/mol. The van der Waals surface area contributed by atoms with Gasteiger partial charge in [-0.2, -0.15) is 0 Å². The molecule has 1 aromatic rings. The molecule has 1 aliphatic rings. The van der Waals surface area contributed by atoms with E-state index in [0.717, 1.165) is 37.6 Å². The SMILES string of the molecule is CCNC(=NCc1ccc(OC)c(O)c1)NCCCOC1CCCCC1.I. The molecule has 0 spiro atoms. The fourth-order valence-electron chi connectivity index (χ4n) is 3.11. The largest absolute Gasteiger partial charge is 0.504 e. The third-order valence-electron chi connectivity index (χ3n) is 4.53. The van der Waals surface area contributed by atoms with Crippen LogP contribution in [0, 0.1) is 0 Å². The predicted molar refractivity (Wildman–Crippen MR) is 120 cm³/mol. The van der Waals surface area contributed by atoms with Gasteiger partial charge in [0.2, 0.25) is 0 Å². The molecule has 0 atom stereocenters. The second kappa shape index (κ2) is 13.9. The number of rotatable bonds is 9. The van der Waals surface area contributed by atoms with E-state index in [4.69, 9.17) is 9.47 Å². The van der Waals surface area contributed by atoms with Gasteiger partial charge in [-0.05, 0) is 43.9 Å². The Kier molecular flexibility index (Phi) is 12.2. The minimum Gasteiger partial charge on any atom is -0.504 e. The van der Waals surface area contributed by atoms with E-state index in [1.54, 1.807) is 12.1 Å². The van der Waals surface area contributed by atoms with E-state index in [1.165, 1.54) is 39.2 Å². The van der Waals surface area contributed by atoms with Gasteiger partial charge >= 0.3 is 0 Å². The van der Waals surface area contributed by atoms with Crippen LogP contribution in [0.15, 0.2) is 23.2 Å². The fourth-order valence-corrected chi connectivity index (χ4v) is 3.11. The summed E-state index contributed by atoms with van der Waals surface area (Å²) in [4.78, 5) is 4.57. The van der Waals surface area contributed by atoms with Gasteiger partial charge in [0.25, 0.3) is 0 Å². The van der Waals surface area contributed by atoms with Crippen molar-refractivity contribution < 1.29 is 14.6 Å². The lowest BCUT2D eigenvalue weighted by atomic mass is 9.98. The van der Waals surface area contributed by atoms with E-state index in [0.29, 0.717) is 18.4 Å². The summed E-state index contributed by atoms with van der Waals surface area (Å²) in [7, 11) is 1.54. The van der Waals surface area contributed by atoms with Crippen LogP contribution in [0.4, 0.5) is 0 Å². The highest BCUT2D eigenvalue weighted by Gasteiger charge is 2.13. The monoisotopic (exact) mass is 491 g/mol. The lowest BCUT2D eigenvalue weighted by molar-refractivity contribution is 0.0277. The number of benzene rings is 1. The van der Waals surface area contributed by atoms with Gasteiger partial charge in [0.15, 0.2) is 17.5 Å². The van der Waals surface area contributed by atoms with Crippen LogP contribution in [0.2, 0.25) is 0 Å². The number of aromatic hydroxyl groups is 1. The highest BCUT2D eigenvalue weighted by molar-refractivity contribution is 14.0. The van der Waals surface area contributed by atoms with Crippen molar-refractivity contribution in [2.75, 3.05) is 26.8 Å². The first-order valence-electron chi connectivity index (χ1n) is 9.72. The maximum Gasteiger partial charge on any atom is 0.191 e. The highest BCUT2D eigenvalue weighted by Crippen LogP contribution is 2.26. The van der Waals surface area contributed by atoms with Crippen LogP contribution in [-0.4, -0.2) is 44.0 Å². The average Bonchev–Trinajstić information content (AvgIpc) is 2.66. The molecular formula is C20H34IN3O3. The molecule has 7 heteroatoms. The summed E-state index contributed by atoms with van der Waals surface area (Å²) in [6.07, 6.45) is 7.83. The molecule has 1 saturated carbocycles. The maximum atomic E-state index is 9.85. The summed E-state index contributed by atoms with van der Waals surface area (Å²) >= 11 is 0. The normalized spacial score (nSPS) is 15.1. The smallest absolute Gasteiger partial charge is 0.191 e. The first-order chi connectivity index (χ1) is 12.7. The van der Waals surface area contributed by atoms with Gasteiger partial charge in [0.05, 0.1) is 19.8 Å². The van der Waals surface area contributed by atoms with Crippen LogP contribution in [0.5, 0.6) is 11.5 Å². The molecule has 27 heavy (non-hydrogen) atoms. The third-order valence-corrected chi connectivity index (χ3v) is 4.53. The zero-order valence-electron chi connectivity index (χ0n) is 16.5. The predicted octanol–water partition coefficient (Wildman–Crippen LogP) is 3.81. The zero-order valence-corrected chi connectivity index (χ0v) is 18.8. The number of halogens is 1. The van der Waals surface area contributed by atoms with Crippen molar-refractivity contribution in [3.05, 3.63) is 23.8 Å². The van der Waals surface area contributed by atoms with Gasteiger partial charge in [0, 0.05) is 19.7 Å². The number of methoxy groups -OCH3 is 1. The topological polar surface area (TPSA) is 75.1 Å². The Bertz CT molecular complexity index is 563. The van der Waals surface area contributed by atoms with Crippen molar-refractivity contribution in [1.29, 1.82) is 0 Å². The Morgan fingerprint density at radius 3 is 2.67 bits per heavy atom. The van der Waals surface area contributed by atoms with Crippen LogP contribution in [0.25, 0.3) is 0 Å². The number of nitrogens with one attached hydrogen (secondary N) is 2. The number of hydrogen-bond acceptors (Lipinski definition) is 4.